The van der Waals surface area contributed by atoms with Crippen molar-refractivity contribution in [2.75, 3.05) is 0 Å². The lowest BCUT2D eigenvalue weighted by molar-refractivity contribution is 0.0931. The van der Waals surface area contributed by atoms with E-state index in [1.807, 2.05) is 6.07 Å². The summed E-state index contributed by atoms with van der Waals surface area (Å²) in [4.78, 5) is 19.0. The summed E-state index contributed by atoms with van der Waals surface area (Å²) in [6.45, 7) is 1.72. The first-order valence-corrected chi connectivity index (χ1v) is 3.92. The highest BCUT2D eigenvalue weighted by Gasteiger charge is 2.14. The molecule has 1 unspecified atom stereocenters. The summed E-state index contributed by atoms with van der Waals surface area (Å²) < 4.78 is 0. The van der Waals surface area contributed by atoms with E-state index in [9.17, 15) is 4.79 Å². The number of nitriles is 1. The standard InChI is InChI=1S/C9H9N3O/c1-7(2-3-10)9(13)8-4-11-6-12-5-8/h4-7H,2H2,1H3. The number of ketones is 1. The molecule has 0 aliphatic carbocycles. The molecule has 0 amide bonds. The molecule has 4 heteroatoms. The summed E-state index contributed by atoms with van der Waals surface area (Å²) in [5.41, 5.74) is 0.463. The second kappa shape index (κ2) is 4.31. The zero-order valence-electron chi connectivity index (χ0n) is 7.27. The van der Waals surface area contributed by atoms with Crippen molar-refractivity contribution in [2.45, 2.75) is 13.3 Å². The summed E-state index contributed by atoms with van der Waals surface area (Å²) in [7, 11) is 0. The molecule has 0 aliphatic heterocycles. The van der Waals surface area contributed by atoms with Crippen LogP contribution in [0.25, 0.3) is 0 Å². The first kappa shape index (κ1) is 9.33. The Balaban J connectivity index is 2.75. The maximum absolute atomic E-state index is 11.5. The van der Waals surface area contributed by atoms with Gasteiger partial charge in [0.25, 0.3) is 0 Å². The van der Waals surface area contributed by atoms with Crippen LogP contribution in [0.5, 0.6) is 0 Å². The van der Waals surface area contributed by atoms with Gasteiger partial charge < -0.3 is 0 Å². The Labute approximate surface area is 76.2 Å². The number of hydrogen-bond acceptors (Lipinski definition) is 4. The van der Waals surface area contributed by atoms with Crippen molar-refractivity contribution in [3.05, 3.63) is 24.3 Å². The van der Waals surface area contributed by atoms with E-state index in [0.717, 1.165) is 0 Å². The van der Waals surface area contributed by atoms with Gasteiger partial charge in [0.1, 0.15) is 6.33 Å². The molecule has 1 rings (SSSR count). The molecular formula is C9H9N3O. The molecule has 66 valence electrons. The molecule has 0 aromatic carbocycles. The third kappa shape index (κ3) is 2.34. The van der Waals surface area contributed by atoms with Gasteiger partial charge in [-0.25, -0.2) is 9.97 Å². The smallest absolute Gasteiger partial charge is 0.169 e. The fourth-order valence-electron chi connectivity index (χ4n) is 0.940. The Morgan fingerprint density at radius 2 is 2.23 bits per heavy atom. The molecule has 0 radical (unpaired) electrons. The molecule has 0 saturated heterocycles. The van der Waals surface area contributed by atoms with E-state index in [0.29, 0.717) is 5.56 Å². The van der Waals surface area contributed by atoms with E-state index in [1.54, 1.807) is 6.92 Å². The van der Waals surface area contributed by atoms with Gasteiger partial charge in [-0.15, -0.1) is 0 Å². The van der Waals surface area contributed by atoms with Crippen LogP contribution < -0.4 is 0 Å². The maximum Gasteiger partial charge on any atom is 0.169 e. The molecular weight excluding hydrogens is 166 g/mol. The summed E-state index contributed by atoms with van der Waals surface area (Å²) in [6.07, 6.45) is 4.52. The molecule has 1 aromatic heterocycles. The minimum absolute atomic E-state index is 0.0813. The largest absolute Gasteiger partial charge is 0.294 e. The van der Waals surface area contributed by atoms with E-state index in [2.05, 4.69) is 9.97 Å². The molecule has 1 heterocycles. The zero-order valence-corrected chi connectivity index (χ0v) is 7.27. The Morgan fingerprint density at radius 1 is 1.62 bits per heavy atom. The molecule has 1 aromatic rings. The Hall–Kier alpha value is -1.76. The van der Waals surface area contributed by atoms with Crippen LogP contribution in [0.4, 0.5) is 0 Å². The minimum Gasteiger partial charge on any atom is -0.294 e. The second-order valence-electron chi connectivity index (χ2n) is 2.75. The van der Waals surface area contributed by atoms with Crippen LogP contribution in [0.2, 0.25) is 0 Å². The highest BCUT2D eigenvalue weighted by atomic mass is 16.1. The van der Waals surface area contributed by atoms with E-state index < -0.39 is 0 Å². The third-order valence-corrected chi connectivity index (χ3v) is 1.69. The zero-order chi connectivity index (χ0) is 9.68. The number of rotatable bonds is 3. The summed E-state index contributed by atoms with van der Waals surface area (Å²) in [5, 5.41) is 8.40. The van der Waals surface area contributed by atoms with Gasteiger partial charge in [-0.05, 0) is 0 Å². The van der Waals surface area contributed by atoms with Crippen molar-refractivity contribution >= 4 is 5.78 Å². The SMILES string of the molecule is CC(CC#N)C(=O)c1cncnc1. The third-order valence-electron chi connectivity index (χ3n) is 1.69. The fraction of sp³-hybridized carbons (Fsp3) is 0.333. The molecule has 0 saturated carbocycles. The average Bonchev–Trinajstić information content (AvgIpc) is 2.18. The van der Waals surface area contributed by atoms with Crippen molar-refractivity contribution in [3.63, 3.8) is 0 Å². The van der Waals surface area contributed by atoms with Gasteiger partial charge in [0.05, 0.1) is 11.6 Å². The van der Waals surface area contributed by atoms with Crippen LogP contribution >= 0.6 is 0 Å². The Kier molecular flexibility index (Phi) is 3.09. The van der Waals surface area contributed by atoms with E-state index in [4.69, 9.17) is 5.26 Å². The predicted octanol–water partition coefficient (Wildman–Crippen LogP) is 1.21. The number of carbonyl (C=O) groups excluding carboxylic acids is 1. The van der Waals surface area contributed by atoms with Crippen molar-refractivity contribution in [1.82, 2.24) is 9.97 Å². The lowest BCUT2D eigenvalue weighted by Crippen LogP contribution is -2.11. The Morgan fingerprint density at radius 3 is 2.77 bits per heavy atom. The van der Waals surface area contributed by atoms with Gasteiger partial charge in [-0.1, -0.05) is 6.92 Å². The van der Waals surface area contributed by atoms with E-state index in [1.165, 1.54) is 18.7 Å². The minimum atomic E-state index is -0.281. The van der Waals surface area contributed by atoms with Crippen LogP contribution in [0.3, 0.4) is 0 Å². The van der Waals surface area contributed by atoms with Gasteiger partial charge in [0.2, 0.25) is 0 Å². The molecule has 0 N–H and O–H groups in total. The Bertz CT molecular complexity index is 328. The van der Waals surface area contributed by atoms with Gasteiger partial charge in [0.15, 0.2) is 5.78 Å². The second-order valence-corrected chi connectivity index (χ2v) is 2.75. The summed E-state index contributed by atoms with van der Waals surface area (Å²) in [6, 6.07) is 1.96. The molecule has 0 spiro atoms. The average molecular weight is 175 g/mol. The highest BCUT2D eigenvalue weighted by Crippen LogP contribution is 2.09. The van der Waals surface area contributed by atoms with Gasteiger partial charge in [-0.2, -0.15) is 5.26 Å². The quantitative estimate of drug-likeness (QED) is 0.647. The topological polar surface area (TPSA) is 66.6 Å². The molecule has 1 atom stereocenters. The molecule has 0 fully saturated rings. The van der Waals surface area contributed by atoms with Crippen LogP contribution in [-0.2, 0) is 0 Å². The molecule has 4 nitrogen and oxygen atoms in total. The number of carbonyl (C=O) groups is 1. The van der Waals surface area contributed by atoms with Gasteiger partial charge in [-0.3, -0.25) is 4.79 Å². The highest BCUT2D eigenvalue weighted by molar-refractivity contribution is 5.97. The first-order chi connectivity index (χ1) is 6.25. The maximum atomic E-state index is 11.5. The van der Waals surface area contributed by atoms with Crippen LogP contribution in [0.15, 0.2) is 18.7 Å². The fourth-order valence-corrected chi connectivity index (χ4v) is 0.940. The normalized spacial score (nSPS) is 11.7. The predicted molar refractivity (Wildman–Crippen MR) is 45.8 cm³/mol. The summed E-state index contributed by atoms with van der Waals surface area (Å²) in [5.74, 6) is -0.363. The monoisotopic (exact) mass is 175 g/mol. The number of nitrogens with zero attached hydrogens (tertiary/aromatic N) is 3. The number of Topliss-reactive ketones (excluding diaryl/α,β-unsaturated/α-hetero) is 1. The van der Waals surface area contributed by atoms with Crippen LogP contribution in [-0.4, -0.2) is 15.8 Å². The van der Waals surface area contributed by atoms with Gasteiger partial charge >= 0.3 is 0 Å². The van der Waals surface area contributed by atoms with Gasteiger partial charge in [0, 0.05) is 24.7 Å². The van der Waals surface area contributed by atoms with Crippen molar-refractivity contribution < 1.29 is 4.79 Å². The van der Waals surface area contributed by atoms with Crippen molar-refractivity contribution in [1.29, 1.82) is 5.26 Å². The van der Waals surface area contributed by atoms with Crippen molar-refractivity contribution in [2.24, 2.45) is 5.92 Å². The number of aromatic nitrogens is 2. The lowest BCUT2D eigenvalue weighted by atomic mass is 9.99. The molecule has 13 heavy (non-hydrogen) atoms. The first-order valence-electron chi connectivity index (χ1n) is 3.92. The van der Waals surface area contributed by atoms with Crippen LogP contribution in [0.1, 0.15) is 23.7 Å². The lowest BCUT2D eigenvalue weighted by Gasteiger charge is -2.03. The van der Waals surface area contributed by atoms with Crippen LogP contribution in [0, 0.1) is 17.2 Å². The van der Waals surface area contributed by atoms with E-state index >= 15 is 0 Å². The number of hydrogen-bond donors (Lipinski definition) is 0. The summed E-state index contributed by atoms with van der Waals surface area (Å²) >= 11 is 0. The van der Waals surface area contributed by atoms with E-state index in [-0.39, 0.29) is 18.1 Å². The molecule has 0 bridgehead atoms. The molecule has 0 aliphatic rings. The van der Waals surface area contributed by atoms with Crippen molar-refractivity contribution in [3.8, 4) is 6.07 Å².